The first kappa shape index (κ1) is 46.9. The van der Waals surface area contributed by atoms with Crippen LogP contribution in [0.15, 0.2) is 84.9 Å². The topological polar surface area (TPSA) is 119 Å². The van der Waals surface area contributed by atoms with Crippen molar-refractivity contribution in [1.29, 1.82) is 10.8 Å². The molecule has 10 fully saturated rings. The van der Waals surface area contributed by atoms with Crippen LogP contribution in [0.3, 0.4) is 0 Å². The molecule has 10 aliphatic rings. The Kier molecular flexibility index (Phi) is 13.8. The molecule has 0 aromatic heterocycles. The normalized spacial score (nSPS) is 32.4. The standard InChI is InChI=1S/C54H70N8O2.2H2S/c55-51-59(33-47(25-37-7-3-1-4-8-37)61(51)17-15-53-27-39-19-40(28-53)21-41(20-39)29-53)35-49(63)57-45-11-13-46(14-12-45)58-50(64)36-60-34-48(26-38-9-5-2-6-10-38)62(52(60)56)18-16-54-30-42-22-43(31-54)24-44(23-42)32-54;;/h1-14,39-44,47-48,55-56H,15-36H2,(H,57,63)(H,58,64);2*1H2/t39?,40?,41?,42?,43?,44?,47-,48-,53?,54?;;/m0../s1. The monoisotopic (exact) mass is 931 g/mol. The molecule has 2 atom stereocenters. The number of carbonyl (C=O) groups excluding carboxylic acids is 2. The zero-order chi connectivity index (χ0) is 43.4. The van der Waals surface area contributed by atoms with Gasteiger partial charge in [-0.15, -0.1) is 0 Å². The first-order valence-electron chi connectivity index (χ1n) is 25.1. The Balaban J connectivity index is 0.00000274. The average molecular weight is 931 g/mol. The molecule has 2 amide bonds. The predicted molar refractivity (Wildman–Crippen MR) is 275 cm³/mol. The third kappa shape index (κ3) is 10.0. The molecule has 0 spiro atoms. The highest BCUT2D eigenvalue weighted by molar-refractivity contribution is 7.59. The van der Waals surface area contributed by atoms with Crippen molar-refractivity contribution in [3.63, 3.8) is 0 Å². The molecule has 2 heterocycles. The summed E-state index contributed by atoms with van der Waals surface area (Å²) in [7, 11) is 0. The van der Waals surface area contributed by atoms with Crippen LogP contribution in [0.4, 0.5) is 11.4 Å². The Morgan fingerprint density at radius 1 is 0.500 bits per heavy atom. The van der Waals surface area contributed by atoms with Gasteiger partial charge in [-0.05, 0) is 184 Å². The summed E-state index contributed by atoms with van der Waals surface area (Å²) in [5, 5.41) is 24.8. The molecule has 8 aliphatic carbocycles. The van der Waals surface area contributed by atoms with Gasteiger partial charge in [-0.25, -0.2) is 0 Å². The fourth-order valence-electron chi connectivity index (χ4n) is 15.9. The van der Waals surface area contributed by atoms with Gasteiger partial charge >= 0.3 is 0 Å². The zero-order valence-corrected chi connectivity index (χ0v) is 40.9. The van der Waals surface area contributed by atoms with Crippen LogP contribution in [0.1, 0.15) is 101 Å². The van der Waals surface area contributed by atoms with E-state index in [2.05, 4.69) is 81.1 Å². The largest absolute Gasteiger partial charge is 0.338 e. The van der Waals surface area contributed by atoms with E-state index in [1.54, 1.807) is 0 Å². The molecular formula is C54H74N8O2S2. The molecule has 66 heavy (non-hydrogen) atoms. The van der Waals surface area contributed by atoms with Gasteiger partial charge in [0.2, 0.25) is 11.8 Å². The van der Waals surface area contributed by atoms with E-state index in [1.165, 1.54) is 88.2 Å². The SMILES string of the molecule is N=C1N(CC(=O)Nc2ccc(NC(=O)CN3C[C@H](Cc4ccccc4)N(CCC45CC6CC(CC(C6)C4)C5)C3=N)cc2)C[C@H](Cc2ccccc2)N1CCC12CC3CC(CC(C3)C1)C2.S.S. The van der Waals surface area contributed by atoms with Crippen LogP contribution in [-0.2, 0) is 22.4 Å². The fourth-order valence-corrected chi connectivity index (χ4v) is 15.9. The van der Waals surface area contributed by atoms with Gasteiger partial charge < -0.3 is 30.2 Å². The number of benzene rings is 3. The summed E-state index contributed by atoms with van der Waals surface area (Å²) in [5.41, 5.74) is 4.75. The molecule has 2 aliphatic heterocycles. The summed E-state index contributed by atoms with van der Waals surface area (Å²) in [6, 6.07) is 28.9. The number of hydrogen-bond donors (Lipinski definition) is 4. The average Bonchev–Trinajstić information content (AvgIpc) is 3.71. The van der Waals surface area contributed by atoms with Crippen molar-refractivity contribution in [3.05, 3.63) is 96.1 Å². The molecule has 10 nitrogen and oxygen atoms in total. The Labute approximate surface area is 407 Å². The zero-order valence-electron chi connectivity index (χ0n) is 38.9. The Hall–Kier alpha value is -4.16. The van der Waals surface area contributed by atoms with Crippen molar-refractivity contribution >= 4 is 62.1 Å². The van der Waals surface area contributed by atoms with Gasteiger partial charge in [-0.3, -0.25) is 20.4 Å². The highest BCUT2D eigenvalue weighted by Crippen LogP contribution is 2.62. The summed E-state index contributed by atoms with van der Waals surface area (Å²) in [6.07, 6.45) is 20.9. The van der Waals surface area contributed by atoms with Crippen molar-refractivity contribution in [1.82, 2.24) is 19.6 Å². The molecular weight excluding hydrogens is 857 g/mol. The number of anilines is 2. The summed E-state index contributed by atoms with van der Waals surface area (Å²) < 4.78 is 0. The van der Waals surface area contributed by atoms with Gasteiger partial charge in [0.25, 0.3) is 0 Å². The number of nitrogens with one attached hydrogen (secondary N) is 4. The molecule has 0 unspecified atom stereocenters. The lowest BCUT2D eigenvalue weighted by Gasteiger charge is -2.57. The van der Waals surface area contributed by atoms with E-state index in [0.717, 1.165) is 74.3 Å². The van der Waals surface area contributed by atoms with E-state index < -0.39 is 0 Å². The Morgan fingerprint density at radius 2 is 0.818 bits per heavy atom. The maximum atomic E-state index is 13.6. The molecule has 354 valence electrons. The van der Waals surface area contributed by atoms with E-state index in [0.29, 0.717) is 47.2 Å². The summed E-state index contributed by atoms with van der Waals surface area (Å²) in [5.74, 6) is 6.13. The van der Waals surface area contributed by atoms with Gasteiger partial charge in [0, 0.05) is 37.6 Å². The molecule has 3 aromatic rings. The fraction of sp³-hybridized carbons (Fsp3) is 0.593. The highest BCUT2D eigenvalue weighted by Gasteiger charge is 2.52. The van der Waals surface area contributed by atoms with E-state index in [1.807, 2.05) is 34.1 Å². The predicted octanol–water partition coefficient (Wildman–Crippen LogP) is 9.33. The molecule has 13 rings (SSSR count). The lowest BCUT2D eigenvalue weighted by Crippen LogP contribution is -2.48. The van der Waals surface area contributed by atoms with Crippen LogP contribution in [0.25, 0.3) is 0 Å². The Morgan fingerprint density at radius 3 is 1.14 bits per heavy atom. The first-order valence-corrected chi connectivity index (χ1v) is 25.1. The van der Waals surface area contributed by atoms with Gasteiger partial charge in [0.1, 0.15) is 13.1 Å². The van der Waals surface area contributed by atoms with Crippen molar-refractivity contribution in [2.75, 3.05) is 49.9 Å². The minimum absolute atomic E-state index is 0. The van der Waals surface area contributed by atoms with Crippen molar-refractivity contribution in [2.24, 2.45) is 46.3 Å². The van der Waals surface area contributed by atoms with Crippen LogP contribution in [0, 0.1) is 57.2 Å². The number of hydrogen-bond acceptors (Lipinski definition) is 4. The van der Waals surface area contributed by atoms with Crippen LogP contribution < -0.4 is 10.6 Å². The minimum atomic E-state index is -0.145. The van der Waals surface area contributed by atoms with Gasteiger partial charge in [-0.2, -0.15) is 27.0 Å². The van der Waals surface area contributed by atoms with Gasteiger partial charge in [0.05, 0.1) is 12.1 Å². The van der Waals surface area contributed by atoms with E-state index >= 15 is 0 Å². The number of nitrogens with zero attached hydrogens (tertiary/aromatic N) is 4. The Bertz CT molecular complexity index is 1980. The third-order valence-corrected chi connectivity index (χ3v) is 17.7. The lowest BCUT2D eigenvalue weighted by atomic mass is 9.49. The van der Waals surface area contributed by atoms with Crippen LogP contribution in [0.5, 0.6) is 0 Å². The molecule has 8 saturated carbocycles. The van der Waals surface area contributed by atoms with Crippen molar-refractivity contribution < 1.29 is 9.59 Å². The molecule has 2 saturated heterocycles. The molecule has 3 aromatic carbocycles. The second-order valence-corrected chi connectivity index (χ2v) is 22.5. The van der Waals surface area contributed by atoms with Crippen LogP contribution in [-0.4, -0.2) is 94.7 Å². The van der Waals surface area contributed by atoms with Crippen molar-refractivity contribution in [3.8, 4) is 0 Å². The molecule has 0 radical (unpaired) electrons. The number of carbonyl (C=O) groups is 2. The quantitative estimate of drug-likeness (QED) is 0.114. The summed E-state index contributed by atoms with van der Waals surface area (Å²) in [4.78, 5) is 35.7. The third-order valence-electron chi connectivity index (χ3n) is 17.7. The number of guanidine groups is 2. The van der Waals surface area contributed by atoms with Crippen LogP contribution in [0.2, 0.25) is 0 Å². The smallest absolute Gasteiger partial charge is 0.244 e. The maximum Gasteiger partial charge on any atom is 0.244 e. The van der Waals surface area contributed by atoms with E-state index in [9.17, 15) is 20.4 Å². The first-order chi connectivity index (χ1) is 31.1. The number of amides is 2. The summed E-state index contributed by atoms with van der Waals surface area (Å²) in [6.45, 7) is 3.36. The maximum absolute atomic E-state index is 13.6. The minimum Gasteiger partial charge on any atom is -0.338 e. The molecule has 4 N–H and O–H groups in total. The van der Waals surface area contributed by atoms with Crippen LogP contribution >= 0.6 is 27.0 Å². The lowest BCUT2D eigenvalue weighted by molar-refractivity contribution is -0.117. The number of rotatable bonds is 16. The second kappa shape index (κ2) is 19.4. The van der Waals surface area contributed by atoms with E-state index in [4.69, 9.17) is 0 Å². The second-order valence-electron chi connectivity index (χ2n) is 22.5. The summed E-state index contributed by atoms with van der Waals surface area (Å²) >= 11 is 0. The van der Waals surface area contributed by atoms with Crippen molar-refractivity contribution in [2.45, 2.75) is 115 Å². The van der Waals surface area contributed by atoms with E-state index in [-0.39, 0.29) is 64.0 Å². The van der Waals surface area contributed by atoms with Gasteiger partial charge in [0.15, 0.2) is 11.9 Å². The molecule has 12 heteroatoms. The molecule has 8 bridgehead atoms. The highest BCUT2D eigenvalue weighted by atomic mass is 32.1. The van der Waals surface area contributed by atoms with Gasteiger partial charge in [-0.1, -0.05) is 60.7 Å².